The predicted molar refractivity (Wildman–Crippen MR) is 65.5 cm³/mol. The van der Waals surface area contributed by atoms with E-state index in [0.29, 0.717) is 6.04 Å². The van der Waals surface area contributed by atoms with Gasteiger partial charge in [-0.1, -0.05) is 6.92 Å². The Balaban J connectivity index is 4.76. The molecule has 0 aliphatic heterocycles. The van der Waals surface area contributed by atoms with Crippen molar-refractivity contribution in [3.05, 3.63) is 0 Å². The van der Waals surface area contributed by atoms with Crippen molar-refractivity contribution in [1.29, 1.82) is 0 Å². The van der Waals surface area contributed by atoms with Gasteiger partial charge in [0.05, 0.1) is 0 Å². The first-order chi connectivity index (χ1) is 8.31. The fourth-order valence-corrected chi connectivity index (χ4v) is 3.95. The van der Waals surface area contributed by atoms with Gasteiger partial charge in [0.15, 0.2) is 8.32 Å². The van der Waals surface area contributed by atoms with Gasteiger partial charge in [-0.15, -0.1) is 0 Å². The number of rotatable bonds is 6. The molecule has 0 spiro atoms. The topological polar surface area (TPSA) is 78.8 Å². The van der Waals surface area contributed by atoms with Gasteiger partial charge < -0.3 is 9.53 Å². The number of alkyl halides is 3. The van der Waals surface area contributed by atoms with E-state index in [0.717, 1.165) is 0 Å². The summed E-state index contributed by atoms with van der Waals surface area (Å²) >= 11 is 0. The van der Waals surface area contributed by atoms with Crippen LogP contribution >= 0.6 is 0 Å². The number of sulfonamides is 1. The van der Waals surface area contributed by atoms with Crippen LogP contribution in [0, 0.1) is 5.92 Å². The lowest BCUT2D eigenvalue weighted by atomic mass is 10.1. The molecule has 0 rings (SSSR count). The maximum absolute atomic E-state index is 12.0. The Hall–Kier alpha value is -0.613. The van der Waals surface area contributed by atoms with E-state index in [1.807, 2.05) is 13.1 Å². The third-order valence-electron chi connectivity index (χ3n) is 2.43. The van der Waals surface area contributed by atoms with E-state index in [4.69, 9.17) is 4.43 Å². The van der Waals surface area contributed by atoms with Gasteiger partial charge in [0.25, 0.3) is 0 Å². The van der Waals surface area contributed by atoms with Gasteiger partial charge in [-0.3, -0.25) is 0 Å². The third-order valence-corrected chi connectivity index (χ3v) is 6.24. The molecule has 0 aliphatic rings. The van der Waals surface area contributed by atoms with Crippen LogP contribution in [0.1, 0.15) is 13.3 Å². The minimum Gasteiger partial charge on any atom is -0.861 e. The maximum Gasteiger partial charge on any atom is 0.518 e. The highest BCUT2D eigenvalue weighted by Gasteiger charge is 2.45. The molecular weight excluding hydrogens is 303 g/mol. The van der Waals surface area contributed by atoms with E-state index >= 15 is 0 Å². The van der Waals surface area contributed by atoms with Crippen molar-refractivity contribution >= 4 is 24.2 Å². The van der Waals surface area contributed by atoms with Crippen molar-refractivity contribution in [2.24, 2.45) is 10.3 Å². The Morgan fingerprint density at radius 2 is 1.89 bits per heavy atom. The molecule has 19 heavy (non-hydrogen) atoms. The van der Waals surface area contributed by atoms with E-state index in [2.05, 4.69) is 4.40 Å². The highest BCUT2D eigenvalue weighted by molar-refractivity contribution is 7.91. The van der Waals surface area contributed by atoms with Crippen molar-refractivity contribution in [3.63, 3.8) is 0 Å². The lowest BCUT2D eigenvalue weighted by Gasteiger charge is -2.25. The minimum atomic E-state index is -5.74. The Kier molecular flexibility index (Phi) is 6.02. The van der Waals surface area contributed by atoms with Crippen LogP contribution in [0.5, 0.6) is 0 Å². The second-order valence-electron chi connectivity index (χ2n) is 4.88. The standard InChI is InChI=1S/C9H18F3NO4SSi/c1-7(6-19(3,4)17-2)5-8(14)13-18(15,16)9(10,11)12/h7H,5-6H2,1-4H3,(H,13,14)/p-1. The molecule has 0 saturated heterocycles. The molecule has 0 aliphatic carbocycles. The zero-order chi connectivity index (χ0) is 15.5. The molecule has 0 amide bonds. The number of hydrogen-bond acceptors (Lipinski definition) is 4. The van der Waals surface area contributed by atoms with E-state index in [1.165, 1.54) is 7.11 Å². The van der Waals surface area contributed by atoms with Crippen LogP contribution in [0.4, 0.5) is 13.2 Å². The lowest BCUT2D eigenvalue weighted by molar-refractivity contribution is -0.219. The van der Waals surface area contributed by atoms with Gasteiger partial charge >= 0.3 is 15.5 Å². The lowest BCUT2D eigenvalue weighted by Crippen LogP contribution is -2.33. The molecule has 10 heteroatoms. The first-order valence-electron chi connectivity index (χ1n) is 5.43. The SMILES string of the molecule is CO[Si](C)(C)CC(C)C/C([O-])=N\S(=O)(=O)C(F)(F)F. The molecule has 0 aromatic heterocycles. The molecule has 0 aromatic carbocycles. The van der Waals surface area contributed by atoms with Gasteiger partial charge in [0, 0.05) is 7.11 Å². The third kappa shape index (κ3) is 6.39. The highest BCUT2D eigenvalue weighted by atomic mass is 32.2. The normalized spacial score (nSPS) is 16.5. The summed E-state index contributed by atoms with van der Waals surface area (Å²) in [7, 11) is -6.18. The van der Waals surface area contributed by atoms with E-state index in [1.54, 1.807) is 6.92 Å². The predicted octanol–water partition coefficient (Wildman–Crippen LogP) is 1.47. The largest absolute Gasteiger partial charge is 0.861 e. The fourth-order valence-electron chi connectivity index (χ4n) is 1.52. The van der Waals surface area contributed by atoms with E-state index in [-0.39, 0.29) is 12.3 Å². The van der Waals surface area contributed by atoms with Crippen LogP contribution in [0.15, 0.2) is 4.40 Å². The minimum absolute atomic E-state index is 0.290. The zero-order valence-electron chi connectivity index (χ0n) is 11.1. The van der Waals surface area contributed by atoms with Crippen molar-refractivity contribution in [3.8, 4) is 0 Å². The van der Waals surface area contributed by atoms with Crippen molar-refractivity contribution < 1.29 is 31.1 Å². The fraction of sp³-hybridized carbons (Fsp3) is 0.889. The van der Waals surface area contributed by atoms with Crippen LogP contribution in [0.3, 0.4) is 0 Å². The smallest absolute Gasteiger partial charge is 0.518 e. The van der Waals surface area contributed by atoms with Gasteiger partial charge in [-0.05, 0) is 37.4 Å². The van der Waals surface area contributed by atoms with Crippen molar-refractivity contribution in [2.75, 3.05) is 7.11 Å². The Morgan fingerprint density at radius 1 is 1.42 bits per heavy atom. The summed E-state index contributed by atoms with van der Waals surface area (Å²) in [6.45, 7) is 5.41. The van der Waals surface area contributed by atoms with Gasteiger partial charge in [0.2, 0.25) is 0 Å². The number of nitrogens with zero attached hydrogens (tertiary/aromatic N) is 1. The average molecular weight is 320 g/mol. The second kappa shape index (κ2) is 6.22. The highest BCUT2D eigenvalue weighted by Crippen LogP contribution is 2.25. The molecule has 0 heterocycles. The van der Waals surface area contributed by atoms with Crippen LogP contribution < -0.4 is 5.11 Å². The van der Waals surface area contributed by atoms with Crippen molar-refractivity contribution in [2.45, 2.75) is 38.0 Å². The molecule has 0 N–H and O–H groups in total. The van der Waals surface area contributed by atoms with Crippen LogP contribution in [0.25, 0.3) is 0 Å². The monoisotopic (exact) mass is 320 g/mol. The summed E-state index contributed by atoms with van der Waals surface area (Å²) in [5.41, 5.74) is -5.54. The zero-order valence-corrected chi connectivity index (χ0v) is 12.9. The Bertz CT molecular complexity index is 433. The van der Waals surface area contributed by atoms with Crippen molar-refractivity contribution in [1.82, 2.24) is 0 Å². The summed E-state index contributed by atoms with van der Waals surface area (Å²) in [4.78, 5) is 0. The first kappa shape index (κ1) is 18.4. The van der Waals surface area contributed by atoms with Crippen LogP contribution in [0.2, 0.25) is 19.1 Å². The summed E-state index contributed by atoms with van der Waals surface area (Å²) in [6.07, 6.45) is -0.352. The Labute approximate surface area is 111 Å². The molecule has 114 valence electrons. The van der Waals surface area contributed by atoms with E-state index < -0.39 is 29.7 Å². The van der Waals surface area contributed by atoms with Crippen LogP contribution in [-0.4, -0.2) is 35.3 Å². The molecule has 0 radical (unpaired) electrons. The Morgan fingerprint density at radius 3 is 2.26 bits per heavy atom. The first-order valence-corrected chi connectivity index (χ1v) is 9.98. The molecule has 0 fully saturated rings. The molecule has 0 saturated carbocycles. The average Bonchev–Trinajstić information content (AvgIpc) is 2.13. The van der Waals surface area contributed by atoms with E-state index in [9.17, 15) is 26.7 Å². The summed E-state index contributed by atoms with van der Waals surface area (Å²) < 4.78 is 64.8. The molecule has 0 aromatic rings. The summed E-state index contributed by atoms with van der Waals surface area (Å²) in [5, 5.41) is 11.2. The van der Waals surface area contributed by atoms with Crippen LogP contribution in [-0.2, 0) is 14.4 Å². The molecule has 0 bridgehead atoms. The summed E-state index contributed by atoms with van der Waals surface area (Å²) in [5.74, 6) is -1.58. The van der Waals surface area contributed by atoms with Gasteiger partial charge in [0.1, 0.15) is 0 Å². The molecule has 1 unspecified atom stereocenters. The molecule has 5 nitrogen and oxygen atoms in total. The molecule has 1 atom stereocenters. The van der Waals surface area contributed by atoms with Gasteiger partial charge in [-0.25, -0.2) is 0 Å². The molecular formula is C9H17F3NO4SSi-. The maximum atomic E-state index is 12.0. The van der Waals surface area contributed by atoms with Gasteiger partial charge in [-0.2, -0.15) is 26.0 Å². The number of hydrogen-bond donors (Lipinski definition) is 0. The quantitative estimate of drug-likeness (QED) is 0.422. The summed E-state index contributed by atoms with van der Waals surface area (Å²) in [6, 6.07) is 0.525. The second-order valence-corrected chi connectivity index (χ2v) is 10.8. The number of halogens is 3.